The van der Waals surface area contributed by atoms with Gasteiger partial charge in [-0.05, 0) is 23.8 Å². The number of nitriles is 2. The number of carbonyl (C=O) groups excluding carboxylic acids is 1. The third-order valence-electron chi connectivity index (χ3n) is 5.81. The molecule has 0 radical (unpaired) electrons. The largest absolute Gasteiger partial charge is 0.341 e. The smallest absolute Gasteiger partial charge is 0.337 e. The Morgan fingerprint density at radius 3 is 2.58 bits per heavy atom. The van der Waals surface area contributed by atoms with Crippen molar-refractivity contribution in [3.8, 4) is 18.0 Å². The second-order valence-corrected chi connectivity index (χ2v) is 8.00. The highest BCUT2D eigenvalue weighted by molar-refractivity contribution is 5.78. The molecule has 2 aliphatic rings. The Bertz CT molecular complexity index is 1430. The van der Waals surface area contributed by atoms with Crippen molar-refractivity contribution in [2.45, 2.75) is 12.5 Å². The van der Waals surface area contributed by atoms with E-state index in [0.717, 1.165) is 16.9 Å². The lowest BCUT2D eigenvalue weighted by Gasteiger charge is -2.37. The molecule has 1 aromatic carbocycles. The highest BCUT2D eigenvalue weighted by Crippen LogP contribution is 2.30. The summed E-state index contributed by atoms with van der Waals surface area (Å²) < 4.78 is 29.3. The van der Waals surface area contributed by atoms with E-state index < -0.39 is 17.7 Å². The summed E-state index contributed by atoms with van der Waals surface area (Å²) in [5.41, 5.74) is 0.669. The lowest BCUT2D eigenvalue weighted by atomic mass is 10.0. The molecule has 0 bridgehead atoms. The predicted molar refractivity (Wildman–Crippen MR) is 120 cm³/mol. The number of hydrogen-bond donors (Lipinski definition) is 0. The molecular weight excluding hydrogens is 472 g/mol. The first kappa shape index (κ1) is 22.8. The number of halogens is 2. The maximum atomic E-state index is 14.3. The van der Waals surface area contributed by atoms with Crippen LogP contribution in [0.1, 0.15) is 29.4 Å². The van der Waals surface area contributed by atoms with Crippen molar-refractivity contribution in [1.29, 1.82) is 10.5 Å². The van der Waals surface area contributed by atoms with Crippen molar-refractivity contribution < 1.29 is 13.6 Å². The van der Waals surface area contributed by atoms with Crippen LogP contribution in [0.5, 0.6) is 0 Å². The average Bonchev–Trinajstić information content (AvgIpc) is 3.58. The molecule has 0 aliphatic carbocycles. The first-order valence-corrected chi connectivity index (χ1v) is 10.9. The van der Waals surface area contributed by atoms with Crippen LogP contribution in [-0.2, 0) is 0 Å². The first-order valence-electron chi connectivity index (χ1n) is 10.9. The number of benzene rings is 1. The summed E-state index contributed by atoms with van der Waals surface area (Å²) in [7, 11) is 0. The van der Waals surface area contributed by atoms with E-state index in [1.54, 1.807) is 28.2 Å². The van der Waals surface area contributed by atoms with Gasteiger partial charge in [0.25, 0.3) is 5.82 Å². The maximum Gasteiger partial charge on any atom is 0.341 e. The fourth-order valence-corrected chi connectivity index (χ4v) is 4.07. The third-order valence-corrected chi connectivity index (χ3v) is 5.81. The first-order chi connectivity index (χ1) is 17.5. The van der Waals surface area contributed by atoms with Gasteiger partial charge in [0.2, 0.25) is 5.95 Å². The molecule has 14 heteroatoms. The molecule has 1 saturated heterocycles. The summed E-state index contributed by atoms with van der Waals surface area (Å²) in [6.45, 7) is 1.39. The summed E-state index contributed by atoms with van der Waals surface area (Å²) in [5.74, 6) is -1.30. The summed E-state index contributed by atoms with van der Waals surface area (Å²) in [5, 5.41) is 27.4. The summed E-state index contributed by atoms with van der Waals surface area (Å²) in [4.78, 5) is 28.7. The fourth-order valence-electron chi connectivity index (χ4n) is 4.07. The van der Waals surface area contributed by atoms with Crippen LogP contribution < -0.4 is 4.90 Å². The van der Waals surface area contributed by atoms with Crippen molar-refractivity contribution >= 4 is 18.2 Å². The fraction of sp³-hybridized carbons (Fsp3) is 0.273. The number of aromatic nitrogens is 5. The quantitative estimate of drug-likeness (QED) is 0.541. The van der Waals surface area contributed by atoms with Crippen LogP contribution in [0.15, 0.2) is 35.8 Å². The van der Waals surface area contributed by atoms with Crippen LogP contribution in [0.3, 0.4) is 0 Å². The zero-order valence-electron chi connectivity index (χ0n) is 18.7. The van der Waals surface area contributed by atoms with E-state index in [2.05, 4.69) is 25.2 Å². The van der Waals surface area contributed by atoms with Gasteiger partial charge in [-0.1, -0.05) is 0 Å². The molecule has 4 heterocycles. The maximum absolute atomic E-state index is 14.3. The van der Waals surface area contributed by atoms with Gasteiger partial charge < -0.3 is 9.80 Å². The molecule has 2 aromatic heterocycles. The number of hydrazone groups is 1. The normalized spacial score (nSPS) is 17.2. The number of nitrogens with zero attached hydrogens (tertiary/aromatic N) is 11. The highest BCUT2D eigenvalue weighted by Gasteiger charge is 2.34. The predicted octanol–water partition coefficient (Wildman–Crippen LogP) is 1.75. The van der Waals surface area contributed by atoms with Crippen LogP contribution in [0.2, 0.25) is 0 Å². The highest BCUT2D eigenvalue weighted by atomic mass is 19.1. The summed E-state index contributed by atoms with van der Waals surface area (Å²) >= 11 is 0. The number of rotatable bonds is 3. The Kier molecular flexibility index (Phi) is 5.92. The second-order valence-electron chi connectivity index (χ2n) is 8.00. The number of carbonyl (C=O) groups is 1. The Balaban J connectivity index is 1.28. The van der Waals surface area contributed by atoms with E-state index in [-0.39, 0.29) is 29.2 Å². The monoisotopic (exact) mass is 489 g/mol. The molecule has 2 amide bonds. The molecule has 1 atom stereocenters. The average molecular weight is 489 g/mol. The molecule has 180 valence electrons. The third kappa shape index (κ3) is 4.27. The van der Waals surface area contributed by atoms with Crippen molar-refractivity contribution in [2.24, 2.45) is 5.10 Å². The van der Waals surface area contributed by atoms with Gasteiger partial charge in [0.15, 0.2) is 11.6 Å². The van der Waals surface area contributed by atoms with E-state index in [1.807, 2.05) is 6.07 Å². The van der Waals surface area contributed by atoms with Crippen LogP contribution in [0.4, 0.5) is 19.5 Å². The number of hydrogen-bond acceptors (Lipinski definition) is 9. The molecule has 1 fully saturated rings. The van der Waals surface area contributed by atoms with Crippen molar-refractivity contribution in [2.75, 3.05) is 31.1 Å². The van der Waals surface area contributed by atoms with Gasteiger partial charge in [-0.15, -0.1) is 5.10 Å². The van der Waals surface area contributed by atoms with Gasteiger partial charge in [0.05, 0.1) is 23.9 Å². The topological polar surface area (TPSA) is 143 Å². The lowest BCUT2D eigenvalue weighted by Crippen LogP contribution is -2.52. The van der Waals surface area contributed by atoms with Crippen LogP contribution in [-0.4, -0.2) is 73.1 Å². The van der Waals surface area contributed by atoms with Gasteiger partial charge in [-0.25, -0.2) is 28.6 Å². The number of urea groups is 1. The van der Waals surface area contributed by atoms with Gasteiger partial charge in [0.1, 0.15) is 18.2 Å². The van der Waals surface area contributed by atoms with E-state index >= 15 is 0 Å². The molecule has 3 aromatic rings. The van der Waals surface area contributed by atoms with Gasteiger partial charge >= 0.3 is 6.03 Å². The SMILES string of the molecule is N#Cc1cc(F)cc(C2CC=NN2C(=O)N2CCN(c3ncc(F)c(-n4cnc(C#N)n4)n3)CC2)c1. The molecule has 5 rings (SSSR count). The summed E-state index contributed by atoms with van der Waals surface area (Å²) in [6.07, 6.45) is 4.20. The minimum atomic E-state index is -0.725. The lowest BCUT2D eigenvalue weighted by molar-refractivity contribution is 0.139. The zero-order valence-corrected chi connectivity index (χ0v) is 18.7. The van der Waals surface area contributed by atoms with Gasteiger partial charge in [-0.2, -0.15) is 25.3 Å². The molecule has 12 nitrogen and oxygen atoms in total. The van der Waals surface area contributed by atoms with Gasteiger partial charge in [-0.3, -0.25) is 0 Å². The molecule has 1 unspecified atom stereocenters. The van der Waals surface area contributed by atoms with Crippen LogP contribution >= 0.6 is 0 Å². The van der Waals surface area contributed by atoms with Gasteiger partial charge in [0, 0.05) is 38.8 Å². The Morgan fingerprint density at radius 2 is 1.86 bits per heavy atom. The summed E-state index contributed by atoms with van der Waals surface area (Å²) in [6, 6.07) is 6.83. The van der Waals surface area contributed by atoms with E-state index in [0.29, 0.717) is 38.2 Å². The second kappa shape index (κ2) is 9.34. The van der Waals surface area contributed by atoms with Crippen LogP contribution in [0.25, 0.3) is 5.82 Å². The van der Waals surface area contributed by atoms with Crippen molar-refractivity contribution in [1.82, 2.24) is 34.6 Å². The van der Waals surface area contributed by atoms with E-state index in [4.69, 9.17) is 10.5 Å². The minimum absolute atomic E-state index is 0.119. The molecule has 2 aliphatic heterocycles. The Labute approximate surface area is 203 Å². The van der Waals surface area contributed by atoms with Crippen molar-refractivity contribution in [3.05, 3.63) is 59.3 Å². The zero-order chi connectivity index (χ0) is 25.2. The number of amides is 2. The standard InChI is InChI=1S/C22H17F2N11O/c23-16-8-14(10-25)7-15(9-16)18-1-2-29-35(18)22(36)33-5-3-32(4-6-33)21-27-12-17(24)20(30-21)34-13-28-19(11-26)31-34/h2,7-9,12-13,18H,1,3-6H2. The number of anilines is 1. The molecule has 0 saturated carbocycles. The number of piperazine rings is 1. The molecular formula is C22H17F2N11O. The van der Waals surface area contributed by atoms with E-state index in [9.17, 15) is 13.6 Å². The Morgan fingerprint density at radius 1 is 1.06 bits per heavy atom. The minimum Gasteiger partial charge on any atom is -0.337 e. The van der Waals surface area contributed by atoms with E-state index in [1.165, 1.54) is 17.4 Å². The van der Waals surface area contributed by atoms with Crippen molar-refractivity contribution in [3.63, 3.8) is 0 Å². The van der Waals surface area contributed by atoms with Crippen LogP contribution in [0, 0.1) is 34.3 Å². The Hall–Kier alpha value is -4.98. The molecule has 36 heavy (non-hydrogen) atoms. The molecule has 0 N–H and O–H groups in total. The molecule has 0 spiro atoms.